The molecule has 0 spiro atoms. The Kier molecular flexibility index (Phi) is 4.61. The predicted octanol–water partition coefficient (Wildman–Crippen LogP) is 3.42. The van der Waals surface area contributed by atoms with E-state index in [9.17, 15) is 18.0 Å². The maximum atomic E-state index is 13.3. The van der Waals surface area contributed by atoms with E-state index in [0.29, 0.717) is 0 Å². The lowest BCUT2D eigenvalue weighted by atomic mass is 9.78. The van der Waals surface area contributed by atoms with E-state index in [2.05, 4.69) is 5.32 Å². The van der Waals surface area contributed by atoms with Crippen molar-refractivity contribution in [2.24, 2.45) is 0 Å². The maximum absolute atomic E-state index is 13.3. The van der Waals surface area contributed by atoms with Gasteiger partial charge in [0.05, 0.1) is 5.41 Å². The summed E-state index contributed by atoms with van der Waals surface area (Å²) in [6.45, 7) is 4.49. The number of nitrogens with one attached hydrogen (secondary N) is 1. The minimum Gasteiger partial charge on any atom is -0.354 e. The highest BCUT2D eigenvalue weighted by atomic mass is 19.4. The molecule has 0 radical (unpaired) electrons. The summed E-state index contributed by atoms with van der Waals surface area (Å²) in [5.41, 5.74) is -2.07. The Morgan fingerprint density at radius 3 is 2.16 bits per heavy atom. The Hall–Kier alpha value is -1.52. The lowest BCUT2D eigenvalue weighted by Crippen LogP contribution is -2.45. The first-order valence-corrected chi connectivity index (χ1v) is 6.08. The van der Waals surface area contributed by atoms with E-state index in [-0.39, 0.29) is 11.6 Å². The molecule has 0 saturated carbocycles. The van der Waals surface area contributed by atoms with Crippen molar-refractivity contribution < 1.29 is 18.0 Å². The number of rotatable bonds is 4. The summed E-state index contributed by atoms with van der Waals surface area (Å²) in [7, 11) is 0. The molecule has 0 aliphatic heterocycles. The third-order valence-corrected chi connectivity index (χ3v) is 3.00. The Bertz CT molecular complexity index is 428. The van der Waals surface area contributed by atoms with Crippen LogP contribution >= 0.6 is 0 Å². The molecule has 1 unspecified atom stereocenters. The summed E-state index contributed by atoms with van der Waals surface area (Å²) in [5, 5.41) is 2.50. The fourth-order valence-corrected chi connectivity index (χ4v) is 1.87. The molecule has 0 aromatic heterocycles. The fraction of sp³-hybridized carbons (Fsp3) is 0.500. The predicted molar refractivity (Wildman–Crippen MR) is 67.7 cm³/mol. The number of hydrogen-bond donors (Lipinski definition) is 1. The molecule has 19 heavy (non-hydrogen) atoms. The monoisotopic (exact) mass is 273 g/mol. The van der Waals surface area contributed by atoms with Gasteiger partial charge in [0.15, 0.2) is 0 Å². The quantitative estimate of drug-likeness (QED) is 0.894. The fourth-order valence-electron chi connectivity index (χ4n) is 1.87. The molecule has 0 fully saturated rings. The molecular formula is C14H18F3NO. The van der Waals surface area contributed by atoms with Gasteiger partial charge in [0.2, 0.25) is 5.91 Å². The third-order valence-electron chi connectivity index (χ3n) is 3.00. The van der Waals surface area contributed by atoms with Gasteiger partial charge in [0, 0.05) is 12.5 Å². The Morgan fingerprint density at radius 1 is 1.21 bits per heavy atom. The van der Waals surface area contributed by atoms with E-state index in [1.54, 1.807) is 32.0 Å². The average molecular weight is 273 g/mol. The van der Waals surface area contributed by atoms with Crippen LogP contribution in [0.1, 0.15) is 32.8 Å². The Morgan fingerprint density at radius 2 is 1.74 bits per heavy atom. The van der Waals surface area contributed by atoms with Crippen LogP contribution in [-0.2, 0) is 10.2 Å². The Labute approximate surface area is 111 Å². The van der Waals surface area contributed by atoms with Crippen molar-refractivity contribution in [2.45, 2.75) is 44.8 Å². The molecular weight excluding hydrogens is 255 g/mol. The number of carbonyl (C=O) groups excluding carboxylic acids is 1. The SMILES string of the molecule is CC(C)NC(=O)CC(C)(c1ccccc1)C(F)(F)F. The van der Waals surface area contributed by atoms with Gasteiger partial charge < -0.3 is 5.32 Å². The molecule has 5 heteroatoms. The number of carbonyl (C=O) groups is 1. The summed E-state index contributed by atoms with van der Waals surface area (Å²) < 4.78 is 39.9. The van der Waals surface area contributed by atoms with Gasteiger partial charge in [-0.1, -0.05) is 30.3 Å². The second-order valence-corrected chi connectivity index (χ2v) is 5.09. The number of hydrogen-bond acceptors (Lipinski definition) is 1. The van der Waals surface area contributed by atoms with E-state index in [1.165, 1.54) is 12.1 Å². The van der Waals surface area contributed by atoms with Crippen molar-refractivity contribution in [2.75, 3.05) is 0 Å². The van der Waals surface area contributed by atoms with Crippen molar-refractivity contribution >= 4 is 5.91 Å². The highest BCUT2D eigenvalue weighted by Crippen LogP contribution is 2.43. The highest BCUT2D eigenvalue weighted by molar-refractivity contribution is 5.78. The van der Waals surface area contributed by atoms with E-state index >= 15 is 0 Å². The summed E-state index contributed by atoms with van der Waals surface area (Å²) >= 11 is 0. The summed E-state index contributed by atoms with van der Waals surface area (Å²) in [4.78, 5) is 11.7. The lowest BCUT2D eigenvalue weighted by Gasteiger charge is -2.32. The van der Waals surface area contributed by atoms with Crippen molar-refractivity contribution in [1.82, 2.24) is 5.32 Å². The van der Waals surface area contributed by atoms with Crippen LogP contribution in [0.15, 0.2) is 30.3 Å². The molecule has 0 aliphatic rings. The van der Waals surface area contributed by atoms with Crippen molar-refractivity contribution in [3.8, 4) is 0 Å². The van der Waals surface area contributed by atoms with Gasteiger partial charge in [0.1, 0.15) is 0 Å². The first-order chi connectivity index (χ1) is 8.67. The van der Waals surface area contributed by atoms with Crippen LogP contribution in [0.4, 0.5) is 13.2 Å². The smallest absolute Gasteiger partial charge is 0.354 e. The van der Waals surface area contributed by atoms with E-state index in [4.69, 9.17) is 0 Å². The molecule has 0 saturated heterocycles. The second kappa shape index (κ2) is 5.63. The van der Waals surface area contributed by atoms with E-state index < -0.39 is 23.9 Å². The van der Waals surface area contributed by atoms with Crippen LogP contribution < -0.4 is 5.32 Å². The molecule has 1 atom stereocenters. The Balaban J connectivity index is 3.06. The van der Waals surface area contributed by atoms with E-state index in [0.717, 1.165) is 6.92 Å². The van der Waals surface area contributed by atoms with Crippen LogP contribution in [0.5, 0.6) is 0 Å². The van der Waals surface area contributed by atoms with Gasteiger partial charge in [0.25, 0.3) is 0 Å². The number of alkyl halides is 3. The zero-order valence-corrected chi connectivity index (χ0v) is 11.2. The molecule has 1 aromatic rings. The van der Waals surface area contributed by atoms with Crippen LogP contribution in [0.2, 0.25) is 0 Å². The summed E-state index contributed by atoms with van der Waals surface area (Å²) in [6.07, 6.45) is -5.10. The topological polar surface area (TPSA) is 29.1 Å². The number of amides is 1. The van der Waals surface area contributed by atoms with Crippen molar-refractivity contribution in [3.63, 3.8) is 0 Å². The molecule has 1 rings (SSSR count). The zero-order chi connectivity index (χ0) is 14.7. The average Bonchev–Trinajstić information content (AvgIpc) is 2.27. The molecule has 1 N–H and O–H groups in total. The van der Waals surface area contributed by atoms with Gasteiger partial charge in [-0.15, -0.1) is 0 Å². The third kappa shape index (κ3) is 3.72. The van der Waals surface area contributed by atoms with Gasteiger partial charge in [-0.3, -0.25) is 4.79 Å². The maximum Gasteiger partial charge on any atom is 0.398 e. The zero-order valence-electron chi connectivity index (χ0n) is 11.2. The highest BCUT2D eigenvalue weighted by Gasteiger charge is 2.53. The molecule has 1 amide bonds. The van der Waals surface area contributed by atoms with Gasteiger partial charge in [-0.25, -0.2) is 0 Å². The molecule has 0 bridgehead atoms. The molecule has 0 heterocycles. The van der Waals surface area contributed by atoms with Crippen LogP contribution in [0.25, 0.3) is 0 Å². The van der Waals surface area contributed by atoms with Gasteiger partial charge in [-0.05, 0) is 26.3 Å². The van der Waals surface area contributed by atoms with Crippen LogP contribution in [-0.4, -0.2) is 18.1 Å². The minimum atomic E-state index is -4.48. The normalized spacial score (nSPS) is 15.1. The summed E-state index contributed by atoms with van der Waals surface area (Å²) in [6, 6.07) is 7.35. The van der Waals surface area contributed by atoms with Crippen molar-refractivity contribution in [1.29, 1.82) is 0 Å². The minimum absolute atomic E-state index is 0.0985. The molecule has 0 aliphatic carbocycles. The van der Waals surface area contributed by atoms with E-state index in [1.807, 2.05) is 0 Å². The lowest BCUT2D eigenvalue weighted by molar-refractivity contribution is -0.189. The summed E-state index contributed by atoms with van der Waals surface area (Å²) in [5.74, 6) is -0.598. The van der Waals surface area contributed by atoms with Gasteiger partial charge in [-0.2, -0.15) is 13.2 Å². The molecule has 2 nitrogen and oxygen atoms in total. The number of halogens is 3. The standard InChI is InChI=1S/C14H18F3NO/c1-10(2)18-12(19)9-13(3,14(15,16)17)11-7-5-4-6-8-11/h4-8,10H,9H2,1-3H3,(H,18,19). The van der Waals surface area contributed by atoms with Gasteiger partial charge >= 0.3 is 6.18 Å². The molecule has 106 valence electrons. The molecule has 1 aromatic carbocycles. The first-order valence-electron chi connectivity index (χ1n) is 6.08. The number of benzene rings is 1. The largest absolute Gasteiger partial charge is 0.398 e. The first kappa shape index (κ1) is 15.5. The van der Waals surface area contributed by atoms with Crippen LogP contribution in [0.3, 0.4) is 0 Å². The second-order valence-electron chi connectivity index (χ2n) is 5.09. The van der Waals surface area contributed by atoms with Crippen LogP contribution in [0, 0.1) is 0 Å². The van der Waals surface area contributed by atoms with Crippen molar-refractivity contribution in [3.05, 3.63) is 35.9 Å².